The van der Waals surface area contributed by atoms with Crippen molar-refractivity contribution in [1.29, 1.82) is 0 Å². The number of rotatable bonds is 3. The van der Waals surface area contributed by atoms with Crippen molar-refractivity contribution in [2.75, 3.05) is 6.61 Å². The summed E-state index contributed by atoms with van der Waals surface area (Å²) < 4.78 is 4.89. The largest absolute Gasteiger partial charge is 0.446 e. The summed E-state index contributed by atoms with van der Waals surface area (Å²) in [5.41, 5.74) is 4.92. The van der Waals surface area contributed by atoms with Gasteiger partial charge in [-0.05, 0) is 38.0 Å². The summed E-state index contributed by atoms with van der Waals surface area (Å²) in [5, 5.41) is 8.72. The quantitative estimate of drug-likeness (QED) is 0.693. The zero-order chi connectivity index (χ0) is 9.68. The second-order valence-corrected chi connectivity index (χ2v) is 3.59. The molecule has 0 aliphatic heterocycles. The van der Waals surface area contributed by atoms with E-state index in [0.717, 1.165) is 32.1 Å². The van der Waals surface area contributed by atoms with Crippen LogP contribution in [0, 0.1) is 5.92 Å². The Labute approximate surface area is 78.1 Å². The first kappa shape index (κ1) is 10.3. The summed E-state index contributed by atoms with van der Waals surface area (Å²) in [4.78, 5) is 10.4. The molecule has 1 rings (SSSR count). The maximum Gasteiger partial charge on any atom is 0.404 e. The lowest BCUT2D eigenvalue weighted by Gasteiger charge is -2.27. The molecule has 0 radical (unpaired) electrons. The maximum atomic E-state index is 10.4. The molecule has 0 aromatic carbocycles. The molecule has 1 aliphatic carbocycles. The Hall–Kier alpha value is -0.770. The maximum absolute atomic E-state index is 10.4. The number of aliphatic hydroxyl groups excluding tert-OH is 1. The zero-order valence-corrected chi connectivity index (χ0v) is 7.74. The van der Waals surface area contributed by atoms with E-state index < -0.39 is 6.09 Å². The van der Waals surface area contributed by atoms with Gasteiger partial charge in [-0.25, -0.2) is 4.79 Å². The van der Waals surface area contributed by atoms with Crippen LogP contribution in [0.3, 0.4) is 0 Å². The van der Waals surface area contributed by atoms with Gasteiger partial charge in [0.1, 0.15) is 6.10 Å². The van der Waals surface area contributed by atoms with Crippen LogP contribution in [0.2, 0.25) is 0 Å². The summed E-state index contributed by atoms with van der Waals surface area (Å²) in [7, 11) is 0. The third-order valence-corrected chi connectivity index (χ3v) is 2.61. The molecule has 1 aliphatic rings. The summed E-state index contributed by atoms with van der Waals surface area (Å²) >= 11 is 0. The molecule has 76 valence electrons. The van der Waals surface area contributed by atoms with E-state index in [1.807, 2.05) is 0 Å². The van der Waals surface area contributed by atoms with Gasteiger partial charge < -0.3 is 15.6 Å². The van der Waals surface area contributed by atoms with E-state index in [1.54, 1.807) is 0 Å². The van der Waals surface area contributed by atoms with Crippen LogP contribution in [0.5, 0.6) is 0 Å². The smallest absolute Gasteiger partial charge is 0.404 e. The lowest BCUT2D eigenvalue weighted by molar-refractivity contribution is 0.0669. The van der Waals surface area contributed by atoms with Crippen LogP contribution < -0.4 is 5.73 Å². The van der Waals surface area contributed by atoms with Crippen molar-refractivity contribution in [3.05, 3.63) is 0 Å². The Bertz CT molecular complexity index is 164. The van der Waals surface area contributed by atoms with Crippen molar-refractivity contribution in [2.45, 2.75) is 38.2 Å². The molecular formula is C9H17NO3. The Morgan fingerprint density at radius 3 is 2.46 bits per heavy atom. The fourth-order valence-electron chi connectivity index (χ4n) is 1.89. The van der Waals surface area contributed by atoms with E-state index in [0.29, 0.717) is 5.92 Å². The number of ether oxygens (including phenoxy) is 1. The highest BCUT2D eigenvalue weighted by atomic mass is 16.6. The molecular weight excluding hydrogens is 170 g/mol. The molecule has 0 spiro atoms. The van der Waals surface area contributed by atoms with Gasteiger partial charge >= 0.3 is 6.09 Å². The van der Waals surface area contributed by atoms with Gasteiger partial charge in [0, 0.05) is 6.61 Å². The molecule has 0 saturated heterocycles. The number of carbonyl (C=O) groups excluding carboxylic acids is 1. The summed E-state index contributed by atoms with van der Waals surface area (Å²) in [5.74, 6) is 0.595. The van der Waals surface area contributed by atoms with Gasteiger partial charge in [0.25, 0.3) is 0 Å². The average molecular weight is 187 g/mol. The number of carbonyl (C=O) groups is 1. The highest BCUT2D eigenvalue weighted by Gasteiger charge is 2.22. The first-order valence-corrected chi connectivity index (χ1v) is 4.79. The lowest BCUT2D eigenvalue weighted by Crippen LogP contribution is -2.27. The van der Waals surface area contributed by atoms with E-state index in [1.165, 1.54) is 0 Å². The third kappa shape index (κ3) is 3.63. The third-order valence-electron chi connectivity index (χ3n) is 2.61. The number of hydrogen-bond donors (Lipinski definition) is 2. The van der Waals surface area contributed by atoms with Crippen LogP contribution in [-0.4, -0.2) is 23.9 Å². The van der Waals surface area contributed by atoms with Crippen molar-refractivity contribution < 1.29 is 14.6 Å². The second-order valence-electron chi connectivity index (χ2n) is 3.59. The molecule has 0 heterocycles. The molecule has 0 aromatic rings. The van der Waals surface area contributed by atoms with Gasteiger partial charge in [-0.3, -0.25) is 0 Å². The SMILES string of the molecule is NC(=O)O[C@H]1CC[C@H](CCO)CC1. The number of nitrogens with two attached hydrogens (primary N) is 1. The molecule has 1 saturated carbocycles. The zero-order valence-electron chi connectivity index (χ0n) is 7.74. The van der Waals surface area contributed by atoms with Crippen molar-refractivity contribution in [1.82, 2.24) is 0 Å². The predicted octanol–water partition coefficient (Wildman–Crippen LogP) is 1.02. The Morgan fingerprint density at radius 1 is 1.38 bits per heavy atom. The van der Waals surface area contributed by atoms with E-state index in [4.69, 9.17) is 15.6 Å². The highest BCUT2D eigenvalue weighted by molar-refractivity contribution is 5.64. The predicted molar refractivity (Wildman–Crippen MR) is 48.1 cm³/mol. The van der Waals surface area contributed by atoms with Crippen LogP contribution in [-0.2, 0) is 4.74 Å². The average Bonchev–Trinajstić information content (AvgIpc) is 2.08. The van der Waals surface area contributed by atoms with E-state index in [-0.39, 0.29) is 12.7 Å². The Balaban J connectivity index is 2.18. The lowest BCUT2D eigenvalue weighted by atomic mass is 9.85. The number of primary amides is 1. The number of amides is 1. The van der Waals surface area contributed by atoms with E-state index in [2.05, 4.69) is 0 Å². The van der Waals surface area contributed by atoms with E-state index in [9.17, 15) is 4.79 Å². The summed E-state index contributed by atoms with van der Waals surface area (Å²) in [6, 6.07) is 0. The van der Waals surface area contributed by atoms with Crippen molar-refractivity contribution >= 4 is 6.09 Å². The number of hydrogen-bond acceptors (Lipinski definition) is 3. The minimum Gasteiger partial charge on any atom is -0.446 e. The molecule has 13 heavy (non-hydrogen) atoms. The van der Waals surface area contributed by atoms with Gasteiger partial charge in [0.15, 0.2) is 0 Å². The van der Waals surface area contributed by atoms with Crippen molar-refractivity contribution in [2.24, 2.45) is 11.7 Å². The van der Waals surface area contributed by atoms with Crippen LogP contribution in [0.4, 0.5) is 4.79 Å². The molecule has 1 amide bonds. The summed E-state index contributed by atoms with van der Waals surface area (Å²) in [6.45, 7) is 0.256. The molecule has 0 unspecified atom stereocenters. The van der Waals surface area contributed by atoms with Crippen LogP contribution in [0.15, 0.2) is 0 Å². The molecule has 3 N–H and O–H groups in total. The van der Waals surface area contributed by atoms with Crippen molar-refractivity contribution in [3.8, 4) is 0 Å². The van der Waals surface area contributed by atoms with Gasteiger partial charge in [-0.2, -0.15) is 0 Å². The summed E-state index contributed by atoms with van der Waals surface area (Å²) in [6.07, 6.45) is 4.01. The Morgan fingerprint density at radius 2 is 2.00 bits per heavy atom. The topological polar surface area (TPSA) is 72.6 Å². The molecule has 4 nitrogen and oxygen atoms in total. The standard InChI is InChI=1S/C9H17NO3/c10-9(12)13-8-3-1-7(2-4-8)5-6-11/h7-8,11H,1-6H2,(H2,10,12)/t7-,8-. The fraction of sp³-hybridized carbons (Fsp3) is 0.889. The van der Waals surface area contributed by atoms with Gasteiger partial charge in [0.2, 0.25) is 0 Å². The van der Waals surface area contributed by atoms with Crippen LogP contribution in [0.1, 0.15) is 32.1 Å². The van der Waals surface area contributed by atoms with Gasteiger partial charge in [0.05, 0.1) is 0 Å². The van der Waals surface area contributed by atoms with Crippen LogP contribution >= 0.6 is 0 Å². The van der Waals surface area contributed by atoms with Gasteiger partial charge in [-0.1, -0.05) is 0 Å². The first-order valence-electron chi connectivity index (χ1n) is 4.79. The van der Waals surface area contributed by atoms with Crippen LogP contribution in [0.25, 0.3) is 0 Å². The minimum atomic E-state index is -0.675. The fourth-order valence-corrected chi connectivity index (χ4v) is 1.89. The molecule has 0 bridgehead atoms. The minimum absolute atomic E-state index is 0.00689. The molecule has 0 aromatic heterocycles. The monoisotopic (exact) mass is 187 g/mol. The first-order chi connectivity index (χ1) is 6.22. The van der Waals surface area contributed by atoms with Gasteiger partial charge in [-0.15, -0.1) is 0 Å². The second kappa shape index (κ2) is 5.07. The van der Waals surface area contributed by atoms with E-state index >= 15 is 0 Å². The molecule has 0 atom stereocenters. The normalized spacial score (nSPS) is 28.4. The molecule has 1 fully saturated rings. The number of aliphatic hydroxyl groups is 1. The Kier molecular flexibility index (Phi) is 4.02. The molecule has 4 heteroatoms. The highest BCUT2D eigenvalue weighted by Crippen LogP contribution is 2.28. The van der Waals surface area contributed by atoms with Crippen molar-refractivity contribution in [3.63, 3.8) is 0 Å².